The van der Waals surface area contributed by atoms with E-state index in [9.17, 15) is 0 Å². The first-order chi connectivity index (χ1) is 5.29. The molecule has 0 aromatic heterocycles. The molecule has 1 saturated heterocycles. The zero-order chi connectivity index (χ0) is 7.84. The normalized spacial score (nSPS) is 30.4. The Kier molecular flexibility index (Phi) is 1.51. The van der Waals surface area contributed by atoms with Gasteiger partial charge in [-0.2, -0.15) is 0 Å². The van der Waals surface area contributed by atoms with Gasteiger partial charge in [-0.25, -0.2) is 0 Å². The molecule has 2 aliphatic heterocycles. The van der Waals surface area contributed by atoms with Gasteiger partial charge in [0.2, 0.25) is 0 Å². The Hall–Kier alpha value is -0.730. The third-order valence-corrected chi connectivity index (χ3v) is 2.58. The summed E-state index contributed by atoms with van der Waals surface area (Å²) < 4.78 is 0. The lowest BCUT2D eigenvalue weighted by Crippen LogP contribution is -2.36. The lowest BCUT2D eigenvalue weighted by Gasteiger charge is -2.24. The van der Waals surface area contributed by atoms with Crippen LogP contribution in [0.25, 0.3) is 0 Å². The minimum absolute atomic E-state index is 0.645. The summed E-state index contributed by atoms with van der Waals surface area (Å²) in [6, 6.07) is 0.645. The molecule has 0 aromatic carbocycles. The molecule has 0 radical (unpaired) electrons. The van der Waals surface area contributed by atoms with Crippen LogP contribution in [0.15, 0.2) is 4.99 Å². The van der Waals surface area contributed by atoms with Gasteiger partial charge >= 0.3 is 0 Å². The predicted molar refractivity (Wildman–Crippen MR) is 45.7 cm³/mol. The van der Waals surface area contributed by atoms with Gasteiger partial charge in [-0.05, 0) is 13.3 Å². The van der Waals surface area contributed by atoms with Crippen LogP contribution in [0.5, 0.6) is 0 Å². The number of likely N-dealkylation sites (N-methyl/N-ethyl adjacent to an activating group) is 1. The van der Waals surface area contributed by atoms with E-state index in [-0.39, 0.29) is 0 Å². The third kappa shape index (κ3) is 0.988. The first-order valence-corrected chi connectivity index (χ1v) is 4.31. The summed E-state index contributed by atoms with van der Waals surface area (Å²) in [5.41, 5.74) is 0. The molecule has 0 saturated carbocycles. The maximum atomic E-state index is 4.49. The van der Waals surface area contributed by atoms with E-state index in [0.29, 0.717) is 6.04 Å². The van der Waals surface area contributed by atoms with Crippen molar-refractivity contribution in [2.75, 3.05) is 26.7 Å². The van der Waals surface area contributed by atoms with Crippen molar-refractivity contribution in [2.45, 2.75) is 19.4 Å². The summed E-state index contributed by atoms with van der Waals surface area (Å²) >= 11 is 0. The Morgan fingerprint density at radius 2 is 2.36 bits per heavy atom. The van der Waals surface area contributed by atoms with Gasteiger partial charge in [-0.15, -0.1) is 0 Å². The largest absolute Gasteiger partial charge is 0.341 e. The van der Waals surface area contributed by atoms with Gasteiger partial charge in [-0.1, -0.05) is 0 Å². The van der Waals surface area contributed by atoms with E-state index in [1.807, 2.05) is 0 Å². The van der Waals surface area contributed by atoms with E-state index < -0.39 is 0 Å². The van der Waals surface area contributed by atoms with Crippen LogP contribution in [0.3, 0.4) is 0 Å². The maximum absolute atomic E-state index is 4.49. The minimum Gasteiger partial charge on any atom is -0.341 e. The Morgan fingerprint density at radius 3 is 3.09 bits per heavy atom. The van der Waals surface area contributed by atoms with Gasteiger partial charge in [0.25, 0.3) is 0 Å². The second-order valence-electron chi connectivity index (χ2n) is 3.44. The SMILES string of the molecule is CC1CN2CCCN=C2N1C. The van der Waals surface area contributed by atoms with Crippen LogP contribution in [-0.2, 0) is 0 Å². The highest BCUT2D eigenvalue weighted by Crippen LogP contribution is 2.16. The molecule has 2 heterocycles. The molecule has 0 N–H and O–H groups in total. The topological polar surface area (TPSA) is 18.8 Å². The average Bonchev–Trinajstić information content (AvgIpc) is 2.30. The van der Waals surface area contributed by atoms with Gasteiger partial charge < -0.3 is 9.80 Å². The predicted octanol–water partition coefficient (Wildman–Crippen LogP) is 0.382. The first kappa shape index (κ1) is 6.95. The molecule has 0 bridgehead atoms. The molecule has 0 aromatic rings. The molecule has 11 heavy (non-hydrogen) atoms. The molecule has 1 atom stereocenters. The minimum atomic E-state index is 0.645. The van der Waals surface area contributed by atoms with Crippen molar-refractivity contribution < 1.29 is 0 Å². The fraction of sp³-hybridized carbons (Fsp3) is 0.875. The highest BCUT2D eigenvalue weighted by Gasteiger charge is 2.30. The van der Waals surface area contributed by atoms with Crippen LogP contribution < -0.4 is 0 Å². The zero-order valence-electron chi connectivity index (χ0n) is 7.25. The standard InChI is InChI=1S/C8H15N3/c1-7-6-11-5-3-4-9-8(11)10(7)2/h7H,3-6H2,1-2H3. The Labute approximate surface area is 67.7 Å². The van der Waals surface area contributed by atoms with Gasteiger partial charge in [0.05, 0.1) is 0 Å². The molecule has 0 amide bonds. The van der Waals surface area contributed by atoms with Gasteiger partial charge in [0.1, 0.15) is 0 Å². The zero-order valence-corrected chi connectivity index (χ0v) is 7.25. The van der Waals surface area contributed by atoms with E-state index in [1.165, 1.54) is 18.9 Å². The van der Waals surface area contributed by atoms with Crippen molar-refractivity contribution in [1.82, 2.24) is 9.80 Å². The first-order valence-electron chi connectivity index (χ1n) is 4.31. The number of rotatable bonds is 0. The maximum Gasteiger partial charge on any atom is 0.196 e. The monoisotopic (exact) mass is 153 g/mol. The number of aliphatic imine (C=N–C) groups is 1. The smallest absolute Gasteiger partial charge is 0.196 e. The van der Waals surface area contributed by atoms with Crippen molar-refractivity contribution in [3.63, 3.8) is 0 Å². The molecular weight excluding hydrogens is 138 g/mol. The van der Waals surface area contributed by atoms with Crippen LogP contribution in [0.4, 0.5) is 0 Å². The highest BCUT2D eigenvalue weighted by atomic mass is 15.4. The highest BCUT2D eigenvalue weighted by molar-refractivity contribution is 5.82. The molecule has 1 fully saturated rings. The molecule has 3 heteroatoms. The summed E-state index contributed by atoms with van der Waals surface area (Å²) in [5, 5.41) is 0. The van der Waals surface area contributed by atoms with Gasteiger partial charge in [0, 0.05) is 32.7 Å². The molecule has 2 aliphatic rings. The molecule has 0 aliphatic carbocycles. The summed E-state index contributed by atoms with van der Waals surface area (Å²) in [4.78, 5) is 9.15. The molecule has 62 valence electrons. The van der Waals surface area contributed by atoms with Crippen LogP contribution in [-0.4, -0.2) is 48.5 Å². The second-order valence-corrected chi connectivity index (χ2v) is 3.44. The van der Waals surface area contributed by atoms with Gasteiger partial charge in [-0.3, -0.25) is 4.99 Å². The Morgan fingerprint density at radius 1 is 1.55 bits per heavy atom. The number of hydrogen-bond acceptors (Lipinski definition) is 3. The third-order valence-electron chi connectivity index (χ3n) is 2.58. The van der Waals surface area contributed by atoms with Crippen LogP contribution in [0.2, 0.25) is 0 Å². The summed E-state index contributed by atoms with van der Waals surface area (Å²) in [7, 11) is 2.13. The number of guanidine groups is 1. The van der Waals surface area contributed by atoms with Crippen LogP contribution in [0.1, 0.15) is 13.3 Å². The Bertz CT molecular complexity index is 188. The van der Waals surface area contributed by atoms with Gasteiger partial charge in [0.15, 0.2) is 5.96 Å². The fourth-order valence-electron chi connectivity index (χ4n) is 1.79. The van der Waals surface area contributed by atoms with E-state index in [1.54, 1.807) is 0 Å². The van der Waals surface area contributed by atoms with E-state index in [2.05, 4.69) is 28.8 Å². The van der Waals surface area contributed by atoms with E-state index >= 15 is 0 Å². The summed E-state index contributed by atoms with van der Waals surface area (Å²) in [6.07, 6.45) is 1.23. The summed E-state index contributed by atoms with van der Waals surface area (Å²) in [5.74, 6) is 1.21. The number of fused-ring (bicyclic) bond motifs is 1. The van der Waals surface area contributed by atoms with Crippen molar-refractivity contribution >= 4 is 5.96 Å². The lowest BCUT2D eigenvalue weighted by atomic mass is 10.3. The van der Waals surface area contributed by atoms with E-state index in [0.717, 1.165) is 13.1 Å². The van der Waals surface area contributed by atoms with Crippen molar-refractivity contribution in [3.05, 3.63) is 0 Å². The second kappa shape index (κ2) is 2.40. The number of nitrogens with zero attached hydrogens (tertiary/aromatic N) is 3. The van der Waals surface area contributed by atoms with Crippen molar-refractivity contribution in [2.24, 2.45) is 4.99 Å². The van der Waals surface area contributed by atoms with Crippen LogP contribution >= 0.6 is 0 Å². The number of hydrogen-bond donors (Lipinski definition) is 0. The fourth-order valence-corrected chi connectivity index (χ4v) is 1.79. The van der Waals surface area contributed by atoms with Crippen molar-refractivity contribution in [1.29, 1.82) is 0 Å². The summed E-state index contributed by atoms with van der Waals surface area (Å²) in [6.45, 7) is 5.63. The van der Waals surface area contributed by atoms with Crippen LogP contribution in [0, 0.1) is 0 Å². The quantitative estimate of drug-likeness (QED) is 0.501. The van der Waals surface area contributed by atoms with Crippen molar-refractivity contribution in [3.8, 4) is 0 Å². The lowest BCUT2D eigenvalue weighted by molar-refractivity contribution is 0.404. The molecule has 3 nitrogen and oxygen atoms in total. The van der Waals surface area contributed by atoms with E-state index in [4.69, 9.17) is 0 Å². The molecule has 1 unspecified atom stereocenters. The molecular formula is C8H15N3. The molecule has 2 rings (SSSR count). The average molecular weight is 153 g/mol. The molecule has 0 spiro atoms. The Balaban J connectivity index is 2.21.